The number of rotatable bonds is 4. The van der Waals surface area contributed by atoms with Gasteiger partial charge in [-0.2, -0.15) is 0 Å². The molecule has 0 amide bonds. The topological polar surface area (TPSA) is 57.5 Å². The van der Waals surface area contributed by atoms with Gasteiger partial charge >= 0.3 is 11.9 Å². The fourth-order valence-corrected chi connectivity index (χ4v) is 4.75. The van der Waals surface area contributed by atoms with Crippen LogP contribution < -0.4 is 0 Å². The van der Waals surface area contributed by atoms with E-state index in [9.17, 15) is 9.59 Å². The first-order valence-corrected chi connectivity index (χ1v) is 10.8. The maximum atomic E-state index is 12.9. The first-order valence-electron chi connectivity index (χ1n) is 10.8. The molecule has 1 heterocycles. The first kappa shape index (κ1) is 20.8. The molecule has 0 bridgehead atoms. The second-order valence-corrected chi connectivity index (χ2v) is 8.07. The molecule has 1 aromatic heterocycles. The highest BCUT2D eigenvalue weighted by Gasteiger charge is 2.31. The number of ether oxygens (including phenoxy) is 2. The summed E-state index contributed by atoms with van der Waals surface area (Å²) in [6, 6.07) is 24.0. The number of aromatic nitrogens is 1. The summed E-state index contributed by atoms with van der Waals surface area (Å²) in [7, 11) is 2.62. The number of methoxy groups -OCH3 is 2. The number of carbonyl (C=O) groups is 2. The van der Waals surface area contributed by atoms with Crippen molar-refractivity contribution in [3.8, 4) is 27.9 Å². The molecule has 5 rings (SSSR count). The van der Waals surface area contributed by atoms with E-state index in [1.165, 1.54) is 30.9 Å². The summed E-state index contributed by atoms with van der Waals surface area (Å²) < 4.78 is 11.8. The minimum atomic E-state index is -0.606. The van der Waals surface area contributed by atoms with E-state index in [1.54, 1.807) is 10.8 Å². The lowest BCUT2D eigenvalue weighted by Gasteiger charge is -2.09. The summed E-state index contributed by atoms with van der Waals surface area (Å²) in [5, 5.41) is 0. The Hall–Kier alpha value is -4.12. The SMILES string of the molecule is COC(=O)c1c(-c2ccc3c(c2)-c2ccccc2C3C)cn(-c2ccccc2)c1C(=O)OC. The molecule has 1 aliphatic carbocycles. The lowest BCUT2D eigenvalue weighted by molar-refractivity contribution is 0.0550. The lowest BCUT2D eigenvalue weighted by Crippen LogP contribution is -2.15. The molecule has 0 saturated heterocycles. The molecule has 0 N–H and O–H groups in total. The Morgan fingerprint density at radius 1 is 0.758 bits per heavy atom. The van der Waals surface area contributed by atoms with E-state index in [-0.39, 0.29) is 11.3 Å². The molecule has 5 heteroatoms. The fourth-order valence-electron chi connectivity index (χ4n) is 4.75. The number of hydrogen-bond acceptors (Lipinski definition) is 4. The molecule has 0 fully saturated rings. The van der Waals surface area contributed by atoms with Crippen LogP contribution >= 0.6 is 0 Å². The second kappa shape index (κ2) is 8.10. The van der Waals surface area contributed by atoms with Gasteiger partial charge in [-0.05, 0) is 46.0 Å². The van der Waals surface area contributed by atoms with E-state index in [1.807, 2.05) is 42.5 Å². The summed E-state index contributed by atoms with van der Waals surface area (Å²) in [4.78, 5) is 25.8. The van der Waals surface area contributed by atoms with Gasteiger partial charge in [0.1, 0.15) is 11.3 Å². The Bertz CT molecular complexity index is 1380. The van der Waals surface area contributed by atoms with E-state index < -0.39 is 11.9 Å². The standard InChI is InChI=1S/C28H23NO4/c1-17-20-11-7-8-12-22(20)23-15-18(13-14-21(17)23)24-16-29(19-9-5-4-6-10-19)26(28(31)33-3)25(24)27(30)32-2/h4-17H,1-3H3. The third-order valence-electron chi connectivity index (χ3n) is 6.36. The molecule has 0 aliphatic heterocycles. The van der Waals surface area contributed by atoms with Crippen molar-refractivity contribution in [1.82, 2.24) is 4.57 Å². The smallest absolute Gasteiger partial charge is 0.355 e. The van der Waals surface area contributed by atoms with Gasteiger partial charge in [-0.1, -0.05) is 61.5 Å². The van der Waals surface area contributed by atoms with Gasteiger partial charge in [0.15, 0.2) is 0 Å². The van der Waals surface area contributed by atoms with Crippen molar-refractivity contribution in [2.24, 2.45) is 0 Å². The molecule has 1 atom stereocenters. The highest BCUT2D eigenvalue weighted by atomic mass is 16.5. The van der Waals surface area contributed by atoms with Crippen LogP contribution in [0.5, 0.6) is 0 Å². The van der Waals surface area contributed by atoms with E-state index in [0.717, 1.165) is 16.8 Å². The zero-order valence-corrected chi connectivity index (χ0v) is 18.7. The Kier molecular flexibility index (Phi) is 5.09. The van der Waals surface area contributed by atoms with Crippen LogP contribution in [0.2, 0.25) is 0 Å². The predicted molar refractivity (Wildman–Crippen MR) is 127 cm³/mol. The Morgan fingerprint density at radius 2 is 1.42 bits per heavy atom. The predicted octanol–water partition coefficient (Wildman–Crippen LogP) is 5.85. The average molecular weight is 437 g/mol. The normalized spacial score (nSPS) is 13.8. The van der Waals surface area contributed by atoms with E-state index >= 15 is 0 Å². The van der Waals surface area contributed by atoms with Gasteiger partial charge in [-0.3, -0.25) is 0 Å². The largest absolute Gasteiger partial charge is 0.465 e. The monoisotopic (exact) mass is 437 g/mol. The van der Waals surface area contributed by atoms with Crippen molar-refractivity contribution in [2.45, 2.75) is 12.8 Å². The van der Waals surface area contributed by atoms with Gasteiger partial charge in [0.25, 0.3) is 0 Å². The van der Waals surface area contributed by atoms with Crippen molar-refractivity contribution < 1.29 is 19.1 Å². The van der Waals surface area contributed by atoms with E-state index in [2.05, 4.69) is 37.3 Å². The third-order valence-corrected chi connectivity index (χ3v) is 6.36. The van der Waals surface area contributed by atoms with Crippen molar-refractivity contribution in [3.63, 3.8) is 0 Å². The quantitative estimate of drug-likeness (QED) is 0.376. The van der Waals surface area contributed by atoms with Crippen LogP contribution in [-0.2, 0) is 9.47 Å². The number of para-hydroxylation sites is 1. The molecule has 3 aromatic carbocycles. The molecule has 1 unspecified atom stereocenters. The highest BCUT2D eigenvalue weighted by molar-refractivity contribution is 6.08. The number of esters is 2. The number of nitrogens with zero attached hydrogens (tertiary/aromatic N) is 1. The third kappa shape index (κ3) is 3.24. The van der Waals surface area contributed by atoms with E-state index in [4.69, 9.17) is 9.47 Å². The van der Waals surface area contributed by atoms with Crippen LogP contribution in [0.4, 0.5) is 0 Å². The van der Waals surface area contributed by atoms with Crippen molar-refractivity contribution >= 4 is 11.9 Å². The zero-order chi connectivity index (χ0) is 23.1. The maximum absolute atomic E-state index is 12.9. The van der Waals surface area contributed by atoms with Gasteiger partial charge in [0.2, 0.25) is 0 Å². The first-order chi connectivity index (χ1) is 16.0. The molecular weight excluding hydrogens is 414 g/mol. The van der Waals surface area contributed by atoms with Crippen LogP contribution in [0.3, 0.4) is 0 Å². The van der Waals surface area contributed by atoms with Crippen LogP contribution in [0.25, 0.3) is 27.9 Å². The number of benzene rings is 3. The van der Waals surface area contributed by atoms with Gasteiger partial charge in [-0.15, -0.1) is 0 Å². The zero-order valence-electron chi connectivity index (χ0n) is 18.7. The van der Waals surface area contributed by atoms with Gasteiger partial charge in [-0.25, -0.2) is 9.59 Å². The molecule has 0 saturated carbocycles. The molecule has 164 valence electrons. The number of fused-ring (bicyclic) bond motifs is 3. The Morgan fingerprint density at radius 3 is 2.15 bits per heavy atom. The average Bonchev–Trinajstić information content (AvgIpc) is 3.40. The van der Waals surface area contributed by atoms with Crippen LogP contribution in [-0.4, -0.2) is 30.7 Å². The molecular formula is C28H23NO4. The van der Waals surface area contributed by atoms with Crippen molar-refractivity contribution in [3.05, 3.63) is 101 Å². The summed E-state index contributed by atoms with van der Waals surface area (Å²) in [6.07, 6.45) is 1.81. The second-order valence-electron chi connectivity index (χ2n) is 8.07. The molecule has 33 heavy (non-hydrogen) atoms. The highest BCUT2D eigenvalue weighted by Crippen LogP contribution is 2.46. The van der Waals surface area contributed by atoms with Crippen molar-refractivity contribution in [1.29, 1.82) is 0 Å². The maximum Gasteiger partial charge on any atom is 0.355 e. The van der Waals surface area contributed by atoms with Crippen LogP contribution in [0.15, 0.2) is 79.0 Å². The van der Waals surface area contributed by atoms with Crippen LogP contribution in [0.1, 0.15) is 44.8 Å². The Labute approximate surface area is 192 Å². The summed E-state index contributed by atoms with van der Waals surface area (Å²) in [5.41, 5.74) is 7.38. The summed E-state index contributed by atoms with van der Waals surface area (Å²) >= 11 is 0. The van der Waals surface area contributed by atoms with Crippen LogP contribution in [0, 0.1) is 0 Å². The fraction of sp³-hybridized carbons (Fsp3) is 0.143. The van der Waals surface area contributed by atoms with Gasteiger partial charge in [0.05, 0.1) is 14.2 Å². The molecule has 0 radical (unpaired) electrons. The Balaban J connectivity index is 1.77. The number of carbonyl (C=O) groups excluding carboxylic acids is 2. The lowest BCUT2D eigenvalue weighted by atomic mass is 9.95. The molecule has 1 aliphatic rings. The minimum absolute atomic E-state index is 0.139. The van der Waals surface area contributed by atoms with Gasteiger partial charge in [0, 0.05) is 23.4 Å². The number of hydrogen-bond donors (Lipinski definition) is 0. The van der Waals surface area contributed by atoms with Gasteiger partial charge < -0.3 is 14.0 Å². The molecule has 5 nitrogen and oxygen atoms in total. The summed E-state index contributed by atoms with van der Waals surface area (Å²) in [6.45, 7) is 2.20. The summed E-state index contributed by atoms with van der Waals surface area (Å²) in [5.74, 6) is -0.898. The van der Waals surface area contributed by atoms with Crippen molar-refractivity contribution in [2.75, 3.05) is 14.2 Å². The molecule has 4 aromatic rings. The molecule has 0 spiro atoms. The minimum Gasteiger partial charge on any atom is -0.465 e. The van der Waals surface area contributed by atoms with E-state index in [0.29, 0.717) is 11.5 Å².